The van der Waals surface area contributed by atoms with E-state index in [9.17, 15) is 26.3 Å². The Morgan fingerprint density at radius 2 is 1.72 bits per heavy atom. The molecule has 0 bridgehead atoms. The van der Waals surface area contributed by atoms with Gasteiger partial charge >= 0.3 is 12.4 Å². The summed E-state index contributed by atoms with van der Waals surface area (Å²) in [5.41, 5.74) is 0. The summed E-state index contributed by atoms with van der Waals surface area (Å²) in [7, 11) is 0. The summed E-state index contributed by atoms with van der Waals surface area (Å²) in [5.74, 6) is -5.51. The Labute approximate surface area is 97.3 Å². The summed E-state index contributed by atoms with van der Waals surface area (Å²) >= 11 is 0. The third-order valence-corrected chi connectivity index (χ3v) is 1.92. The van der Waals surface area contributed by atoms with E-state index in [0.717, 1.165) is 0 Å². The van der Waals surface area contributed by atoms with Gasteiger partial charge in [-0.05, 0) is 6.54 Å². The zero-order chi connectivity index (χ0) is 14.0. The van der Waals surface area contributed by atoms with Crippen molar-refractivity contribution in [2.75, 3.05) is 6.54 Å². The fraction of sp³-hybridized carbons (Fsp3) is 0.750. The van der Waals surface area contributed by atoms with Crippen molar-refractivity contribution >= 4 is 0 Å². The lowest BCUT2D eigenvalue weighted by Crippen LogP contribution is -2.34. The van der Waals surface area contributed by atoms with Crippen LogP contribution in [0, 0.1) is 0 Å². The van der Waals surface area contributed by atoms with Gasteiger partial charge < -0.3 is 9.84 Å². The molecule has 1 aromatic rings. The Morgan fingerprint density at radius 1 is 1.17 bits per heavy atom. The van der Waals surface area contributed by atoms with E-state index in [-0.39, 0.29) is 12.4 Å². The second kappa shape index (κ2) is 5.12. The van der Waals surface area contributed by atoms with Gasteiger partial charge in [0.15, 0.2) is 5.82 Å². The molecular weight excluding hydrogens is 268 g/mol. The molecule has 1 rings (SSSR count). The molecule has 1 N–H and O–H groups in total. The predicted octanol–water partition coefficient (Wildman–Crippen LogP) is 2.39. The first-order chi connectivity index (χ1) is 8.16. The fourth-order valence-corrected chi connectivity index (χ4v) is 1.16. The number of rotatable bonds is 4. The molecule has 0 atom stereocenters. The van der Waals surface area contributed by atoms with E-state index in [1.54, 1.807) is 6.92 Å². The van der Waals surface area contributed by atoms with Crippen LogP contribution in [0.1, 0.15) is 24.6 Å². The van der Waals surface area contributed by atoms with E-state index >= 15 is 0 Å². The standard InChI is InChI=1S/C8H9F6N3O/c1-2-15-3-4-16-6(18-17-4)5(7(9,10)11)8(12,13)14/h5,15H,2-3H2,1H3. The number of aromatic nitrogens is 2. The van der Waals surface area contributed by atoms with Gasteiger partial charge in [0.2, 0.25) is 11.8 Å². The minimum absolute atomic E-state index is 0.0670. The summed E-state index contributed by atoms with van der Waals surface area (Å²) in [6, 6.07) is 0. The molecule has 0 spiro atoms. The van der Waals surface area contributed by atoms with E-state index in [1.807, 2.05) is 0 Å². The third-order valence-electron chi connectivity index (χ3n) is 1.92. The molecule has 0 saturated heterocycles. The van der Waals surface area contributed by atoms with Crippen molar-refractivity contribution in [3.8, 4) is 0 Å². The Morgan fingerprint density at radius 3 is 2.17 bits per heavy atom. The van der Waals surface area contributed by atoms with Crippen LogP contribution in [0.3, 0.4) is 0 Å². The number of hydrogen-bond donors (Lipinski definition) is 1. The highest BCUT2D eigenvalue weighted by molar-refractivity contribution is 5.01. The largest absolute Gasteiger partial charge is 0.409 e. The molecule has 4 nitrogen and oxygen atoms in total. The van der Waals surface area contributed by atoms with Crippen LogP contribution < -0.4 is 5.32 Å². The van der Waals surface area contributed by atoms with E-state index < -0.39 is 24.2 Å². The number of nitrogens with one attached hydrogen (secondary N) is 1. The Balaban J connectivity index is 2.97. The quantitative estimate of drug-likeness (QED) is 0.858. The fourth-order valence-electron chi connectivity index (χ4n) is 1.16. The molecule has 0 aromatic carbocycles. The zero-order valence-electron chi connectivity index (χ0n) is 9.06. The van der Waals surface area contributed by atoms with Crippen LogP contribution in [0.15, 0.2) is 4.52 Å². The lowest BCUT2D eigenvalue weighted by Gasteiger charge is -2.18. The van der Waals surface area contributed by atoms with Gasteiger partial charge in [-0.1, -0.05) is 12.1 Å². The zero-order valence-corrected chi connectivity index (χ0v) is 9.06. The second-order valence-electron chi connectivity index (χ2n) is 3.35. The molecule has 0 radical (unpaired) electrons. The molecule has 0 unspecified atom stereocenters. The molecule has 0 amide bonds. The van der Waals surface area contributed by atoms with Crippen molar-refractivity contribution in [1.29, 1.82) is 0 Å². The lowest BCUT2D eigenvalue weighted by molar-refractivity contribution is -0.259. The molecule has 0 aliphatic carbocycles. The maximum atomic E-state index is 12.3. The van der Waals surface area contributed by atoms with Crippen LogP contribution in [0.25, 0.3) is 0 Å². The van der Waals surface area contributed by atoms with Gasteiger partial charge in [0.25, 0.3) is 0 Å². The Bertz CT molecular complexity index is 371. The van der Waals surface area contributed by atoms with Gasteiger partial charge in [0.05, 0.1) is 6.54 Å². The van der Waals surface area contributed by atoms with Gasteiger partial charge in [-0.3, -0.25) is 0 Å². The smallest absolute Gasteiger partial charge is 0.338 e. The number of hydrogen-bond acceptors (Lipinski definition) is 4. The number of alkyl halides is 6. The number of halogens is 6. The molecule has 0 aliphatic rings. The first kappa shape index (κ1) is 14.7. The van der Waals surface area contributed by atoms with Crippen molar-refractivity contribution in [1.82, 2.24) is 15.5 Å². The van der Waals surface area contributed by atoms with Crippen molar-refractivity contribution < 1.29 is 30.9 Å². The summed E-state index contributed by atoms with van der Waals surface area (Å²) in [5, 5.41) is 5.70. The average molecular weight is 277 g/mol. The Kier molecular flexibility index (Phi) is 4.20. The molecule has 18 heavy (non-hydrogen) atoms. The minimum Gasteiger partial charge on any atom is -0.338 e. The molecule has 0 saturated carbocycles. The van der Waals surface area contributed by atoms with Crippen molar-refractivity contribution in [2.45, 2.75) is 31.7 Å². The highest BCUT2D eigenvalue weighted by Crippen LogP contribution is 2.45. The van der Waals surface area contributed by atoms with Crippen LogP contribution in [0.5, 0.6) is 0 Å². The molecule has 1 heterocycles. The average Bonchev–Trinajstić information content (AvgIpc) is 2.58. The first-order valence-corrected chi connectivity index (χ1v) is 4.83. The highest BCUT2D eigenvalue weighted by atomic mass is 19.4. The summed E-state index contributed by atoms with van der Waals surface area (Å²) in [6.07, 6.45) is -11.1. The van der Waals surface area contributed by atoms with Crippen LogP contribution in [0.4, 0.5) is 26.3 Å². The van der Waals surface area contributed by atoms with Gasteiger partial charge in [-0.2, -0.15) is 31.3 Å². The summed E-state index contributed by atoms with van der Waals surface area (Å²) in [4.78, 5) is 3.10. The maximum Gasteiger partial charge on any atom is 0.409 e. The van der Waals surface area contributed by atoms with E-state index in [4.69, 9.17) is 0 Å². The van der Waals surface area contributed by atoms with Crippen molar-refractivity contribution in [3.05, 3.63) is 11.7 Å². The van der Waals surface area contributed by atoms with E-state index in [2.05, 4.69) is 20.0 Å². The van der Waals surface area contributed by atoms with Crippen LogP contribution in [0.2, 0.25) is 0 Å². The molecule has 0 fully saturated rings. The van der Waals surface area contributed by atoms with Crippen LogP contribution >= 0.6 is 0 Å². The normalized spacial score (nSPS) is 13.3. The van der Waals surface area contributed by atoms with Gasteiger partial charge in [-0.25, -0.2) is 0 Å². The maximum absolute atomic E-state index is 12.3. The summed E-state index contributed by atoms with van der Waals surface area (Å²) in [6.45, 7) is 2.10. The molecule has 104 valence electrons. The predicted molar refractivity (Wildman–Crippen MR) is 46.5 cm³/mol. The number of nitrogens with zero attached hydrogens (tertiary/aromatic N) is 2. The topological polar surface area (TPSA) is 51.0 Å². The highest BCUT2D eigenvalue weighted by Gasteiger charge is 2.60. The Hall–Kier alpha value is -1.32. The lowest BCUT2D eigenvalue weighted by atomic mass is 10.1. The van der Waals surface area contributed by atoms with E-state index in [1.165, 1.54) is 0 Å². The molecule has 0 aliphatic heterocycles. The minimum atomic E-state index is -5.53. The molecule has 10 heteroatoms. The third kappa shape index (κ3) is 3.59. The van der Waals surface area contributed by atoms with Gasteiger partial charge in [0, 0.05) is 0 Å². The van der Waals surface area contributed by atoms with Crippen LogP contribution in [-0.4, -0.2) is 29.0 Å². The SMILES string of the molecule is CCNCc1noc(C(C(F)(F)F)C(F)(F)F)n1. The summed E-state index contributed by atoms with van der Waals surface area (Å²) < 4.78 is 77.8. The van der Waals surface area contributed by atoms with Crippen molar-refractivity contribution in [2.24, 2.45) is 0 Å². The first-order valence-electron chi connectivity index (χ1n) is 4.83. The van der Waals surface area contributed by atoms with Gasteiger partial charge in [-0.15, -0.1) is 0 Å². The van der Waals surface area contributed by atoms with E-state index in [0.29, 0.717) is 6.54 Å². The monoisotopic (exact) mass is 277 g/mol. The van der Waals surface area contributed by atoms with Crippen molar-refractivity contribution in [3.63, 3.8) is 0 Å². The molecule has 1 aromatic heterocycles. The van der Waals surface area contributed by atoms with Gasteiger partial charge in [0.1, 0.15) is 0 Å². The second-order valence-corrected chi connectivity index (χ2v) is 3.35. The van der Waals surface area contributed by atoms with Crippen LogP contribution in [-0.2, 0) is 6.54 Å². The molecular formula is C8H9F6N3O.